The minimum Gasteiger partial charge on any atom is -0.281 e. The Balaban J connectivity index is 4.75. The number of rotatable bonds is 6. The molecule has 2 heteroatoms. The zero-order chi connectivity index (χ0) is 13.5. The molecule has 96 valence electrons. The van der Waals surface area contributed by atoms with Crippen molar-refractivity contribution >= 4 is 16.8 Å². The van der Waals surface area contributed by atoms with Gasteiger partial charge in [0, 0.05) is 5.92 Å². The van der Waals surface area contributed by atoms with Crippen molar-refractivity contribution in [2.45, 2.75) is 40.5 Å². The second-order valence-corrected chi connectivity index (χ2v) is 5.81. The van der Waals surface area contributed by atoms with Crippen LogP contribution in [0.2, 0.25) is 0 Å². The van der Waals surface area contributed by atoms with Gasteiger partial charge in [0.2, 0.25) is 5.24 Å². The van der Waals surface area contributed by atoms with E-state index in [9.17, 15) is 4.79 Å². The normalized spacial score (nSPS) is 15.0. The fraction of sp³-hybridized carbons (Fsp3) is 0.533. The number of carbonyl (C=O) groups is 1. The van der Waals surface area contributed by atoms with E-state index < -0.39 is 0 Å². The molecule has 0 fully saturated rings. The van der Waals surface area contributed by atoms with Crippen molar-refractivity contribution in [3.63, 3.8) is 0 Å². The standard InChI is InChI=1S/C15H23ClO/c1-6-8-9-12(7-2)10-13(14(16)17)11-15(3,4)5/h6-9,13H,2,10-11H2,1,3-5H3/b8-6-,12-9+/t13-/m0/s1. The lowest BCUT2D eigenvalue weighted by molar-refractivity contribution is -0.115. The quantitative estimate of drug-likeness (QED) is 0.488. The van der Waals surface area contributed by atoms with Crippen LogP contribution in [-0.4, -0.2) is 5.24 Å². The molecule has 0 spiro atoms. The Hall–Kier alpha value is -0.820. The molecule has 0 aliphatic heterocycles. The molecular weight excluding hydrogens is 232 g/mol. The largest absolute Gasteiger partial charge is 0.281 e. The van der Waals surface area contributed by atoms with Crippen LogP contribution in [0.3, 0.4) is 0 Å². The van der Waals surface area contributed by atoms with E-state index in [1.165, 1.54) is 0 Å². The average Bonchev–Trinajstić information content (AvgIpc) is 2.20. The van der Waals surface area contributed by atoms with Crippen molar-refractivity contribution < 1.29 is 4.79 Å². The van der Waals surface area contributed by atoms with E-state index in [1.807, 2.05) is 25.2 Å². The van der Waals surface area contributed by atoms with Gasteiger partial charge < -0.3 is 0 Å². The van der Waals surface area contributed by atoms with Crippen LogP contribution in [0.1, 0.15) is 40.5 Å². The van der Waals surface area contributed by atoms with E-state index in [-0.39, 0.29) is 16.6 Å². The van der Waals surface area contributed by atoms with Gasteiger partial charge in [-0.3, -0.25) is 4.79 Å². The van der Waals surface area contributed by atoms with Gasteiger partial charge in [-0.15, -0.1) is 0 Å². The van der Waals surface area contributed by atoms with Crippen LogP contribution >= 0.6 is 11.6 Å². The molecule has 0 aromatic carbocycles. The van der Waals surface area contributed by atoms with E-state index in [0.29, 0.717) is 6.42 Å². The van der Waals surface area contributed by atoms with Crippen LogP contribution in [0.15, 0.2) is 36.5 Å². The lowest BCUT2D eigenvalue weighted by Crippen LogP contribution is -2.18. The van der Waals surface area contributed by atoms with E-state index in [1.54, 1.807) is 6.08 Å². The number of allylic oxidation sites excluding steroid dienone is 5. The topological polar surface area (TPSA) is 17.1 Å². The Labute approximate surface area is 110 Å². The van der Waals surface area contributed by atoms with Crippen LogP contribution in [0.25, 0.3) is 0 Å². The highest BCUT2D eigenvalue weighted by Crippen LogP contribution is 2.30. The summed E-state index contributed by atoms with van der Waals surface area (Å²) >= 11 is 5.67. The Bertz CT molecular complexity index is 318. The Morgan fingerprint density at radius 2 is 2.00 bits per heavy atom. The molecule has 0 bridgehead atoms. The summed E-state index contributed by atoms with van der Waals surface area (Å²) in [5.41, 5.74) is 1.15. The molecule has 0 aliphatic carbocycles. The molecule has 0 aliphatic rings. The summed E-state index contributed by atoms with van der Waals surface area (Å²) in [5, 5.41) is -0.256. The van der Waals surface area contributed by atoms with Gasteiger partial charge >= 0.3 is 0 Å². The van der Waals surface area contributed by atoms with Crippen molar-refractivity contribution in [1.29, 1.82) is 0 Å². The van der Waals surface area contributed by atoms with Gasteiger partial charge in [-0.05, 0) is 42.4 Å². The lowest BCUT2D eigenvalue weighted by Gasteiger charge is -2.23. The second kappa shape index (κ2) is 7.50. The molecular formula is C15H23ClO. The molecule has 0 aromatic heterocycles. The van der Waals surface area contributed by atoms with Gasteiger partial charge in [0.1, 0.15) is 0 Å². The first-order chi connectivity index (χ1) is 7.80. The maximum Gasteiger partial charge on any atom is 0.225 e. The third-order valence-electron chi connectivity index (χ3n) is 2.43. The van der Waals surface area contributed by atoms with Gasteiger partial charge in [0.05, 0.1) is 0 Å². The van der Waals surface area contributed by atoms with E-state index in [0.717, 1.165) is 12.0 Å². The van der Waals surface area contributed by atoms with Crippen LogP contribution < -0.4 is 0 Å². The van der Waals surface area contributed by atoms with Crippen molar-refractivity contribution in [1.82, 2.24) is 0 Å². The summed E-state index contributed by atoms with van der Waals surface area (Å²) < 4.78 is 0. The third kappa shape index (κ3) is 7.98. The van der Waals surface area contributed by atoms with Crippen LogP contribution in [0.5, 0.6) is 0 Å². The first kappa shape index (κ1) is 16.2. The molecule has 0 unspecified atom stereocenters. The van der Waals surface area contributed by atoms with E-state index >= 15 is 0 Å². The molecule has 0 rings (SSSR count). The number of carbonyl (C=O) groups excluding carboxylic acids is 1. The van der Waals surface area contributed by atoms with Crippen molar-refractivity contribution in [2.75, 3.05) is 0 Å². The summed E-state index contributed by atoms with van der Waals surface area (Å²) in [7, 11) is 0. The fourth-order valence-electron chi connectivity index (χ4n) is 1.70. The van der Waals surface area contributed by atoms with Gasteiger partial charge in [-0.25, -0.2) is 0 Å². The number of hydrogen-bond acceptors (Lipinski definition) is 1. The van der Waals surface area contributed by atoms with Crippen LogP contribution in [-0.2, 0) is 4.79 Å². The first-order valence-corrected chi connectivity index (χ1v) is 6.31. The first-order valence-electron chi connectivity index (χ1n) is 5.94. The Morgan fingerprint density at radius 1 is 1.41 bits per heavy atom. The summed E-state index contributed by atoms with van der Waals surface area (Å²) in [6.45, 7) is 12.1. The van der Waals surface area contributed by atoms with Crippen molar-refractivity contribution in [3.8, 4) is 0 Å². The Kier molecular flexibility index (Phi) is 7.13. The zero-order valence-corrected chi connectivity index (χ0v) is 12.1. The average molecular weight is 255 g/mol. The van der Waals surface area contributed by atoms with Crippen molar-refractivity contribution in [2.24, 2.45) is 11.3 Å². The van der Waals surface area contributed by atoms with Crippen molar-refractivity contribution in [3.05, 3.63) is 36.5 Å². The highest BCUT2D eigenvalue weighted by atomic mass is 35.5. The molecule has 1 nitrogen and oxygen atoms in total. The molecule has 0 aromatic rings. The molecule has 0 radical (unpaired) electrons. The predicted octanol–water partition coefficient (Wildman–Crippen LogP) is 4.88. The Morgan fingerprint density at radius 3 is 2.35 bits per heavy atom. The minimum absolute atomic E-state index is 0.0993. The molecule has 0 amide bonds. The van der Waals surface area contributed by atoms with Gasteiger partial charge in [-0.1, -0.05) is 51.7 Å². The van der Waals surface area contributed by atoms with Gasteiger partial charge in [0.25, 0.3) is 0 Å². The SMILES string of the molecule is C=C/C(=C\C=C/C)C[C@@H](CC(C)(C)C)C(=O)Cl. The van der Waals surface area contributed by atoms with Crippen LogP contribution in [0, 0.1) is 11.3 Å². The van der Waals surface area contributed by atoms with E-state index in [2.05, 4.69) is 27.4 Å². The monoisotopic (exact) mass is 254 g/mol. The molecule has 0 heterocycles. The smallest absolute Gasteiger partial charge is 0.225 e. The molecule has 0 saturated heterocycles. The molecule has 17 heavy (non-hydrogen) atoms. The van der Waals surface area contributed by atoms with Gasteiger partial charge in [0.15, 0.2) is 0 Å². The second-order valence-electron chi connectivity index (χ2n) is 5.44. The highest BCUT2D eigenvalue weighted by Gasteiger charge is 2.23. The minimum atomic E-state index is -0.256. The molecule has 0 saturated carbocycles. The van der Waals surface area contributed by atoms with Crippen LogP contribution in [0.4, 0.5) is 0 Å². The molecule has 1 atom stereocenters. The number of hydrogen-bond donors (Lipinski definition) is 0. The highest BCUT2D eigenvalue weighted by molar-refractivity contribution is 6.64. The number of halogens is 1. The predicted molar refractivity (Wildman–Crippen MR) is 76.1 cm³/mol. The third-order valence-corrected chi connectivity index (χ3v) is 2.74. The summed E-state index contributed by atoms with van der Waals surface area (Å²) in [6.07, 6.45) is 9.11. The lowest BCUT2D eigenvalue weighted by atomic mass is 9.82. The molecule has 0 N–H and O–H groups in total. The maximum absolute atomic E-state index is 11.4. The summed E-state index contributed by atoms with van der Waals surface area (Å²) in [4.78, 5) is 11.4. The zero-order valence-electron chi connectivity index (χ0n) is 11.3. The fourth-order valence-corrected chi connectivity index (χ4v) is 1.85. The van der Waals surface area contributed by atoms with Gasteiger partial charge in [-0.2, -0.15) is 0 Å². The summed E-state index contributed by atoms with van der Waals surface area (Å²) in [6, 6.07) is 0. The van der Waals surface area contributed by atoms with E-state index in [4.69, 9.17) is 11.6 Å². The summed E-state index contributed by atoms with van der Waals surface area (Å²) in [5.74, 6) is -0.133. The maximum atomic E-state index is 11.4.